The number of ketones is 2. The minimum Gasteiger partial charge on any atom is -0.363 e. The lowest BCUT2D eigenvalue weighted by atomic mass is 9.85. The lowest BCUT2D eigenvalue weighted by molar-refractivity contribution is -0.143. The van der Waals surface area contributed by atoms with Crippen molar-refractivity contribution in [3.63, 3.8) is 0 Å². The van der Waals surface area contributed by atoms with Gasteiger partial charge in [-0.15, -0.1) is 0 Å². The van der Waals surface area contributed by atoms with E-state index in [-0.39, 0.29) is 29.9 Å². The molecule has 5 N–H and O–H groups in total. The molecular weight excluding hydrogens is 632 g/mol. The Bertz CT molecular complexity index is 1230. The SMILES string of the molecule is CC.CC(C)C(NC(=O)NC(C(=O)N1CCCC1C(=O)NC(CC1CC1)C(=O)C(N)=O)C(C)(C)C)C(=O)c1cccc(Br)n1. The quantitative estimate of drug-likeness (QED) is 0.149. The van der Waals surface area contributed by atoms with Crippen molar-refractivity contribution < 1.29 is 28.8 Å². The van der Waals surface area contributed by atoms with Gasteiger partial charge in [0.05, 0.1) is 12.1 Å². The van der Waals surface area contributed by atoms with E-state index in [9.17, 15) is 28.8 Å². The highest BCUT2D eigenvalue weighted by Crippen LogP contribution is 2.34. The summed E-state index contributed by atoms with van der Waals surface area (Å²) in [6, 6.07) is 0.379. The van der Waals surface area contributed by atoms with Crippen LogP contribution in [0, 0.1) is 17.3 Å². The number of likely N-dealkylation sites (tertiary alicyclic amines) is 1. The predicted molar refractivity (Wildman–Crippen MR) is 169 cm³/mol. The van der Waals surface area contributed by atoms with Crippen LogP contribution in [0.3, 0.4) is 0 Å². The smallest absolute Gasteiger partial charge is 0.316 e. The number of carbonyl (C=O) groups excluding carboxylic acids is 6. The molecule has 1 aromatic heterocycles. The molecule has 3 rings (SSSR count). The standard InChI is InChI=1S/C29H41BrN6O6.C2H6/c1-15(2)21(22(37)17-8-6-10-20(30)32-17)34-28(42)35-24(29(3,4)5)27(41)36-13-7-9-19(36)26(40)33-18(14-16-11-12-16)23(38)25(31)39;1-2/h6,8,10,15-16,18-19,21,24H,7,9,11-14H2,1-5H3,(H2,31,39)(H,33,40)(H2,34,35,42);1-2H3. The molecule has 0 spiro atoms. The number of hydrogen-bond donors (Lipinski definition) is 4. The zero-order valence-electron chi connectivity index (χ0n) is 26.7. The van der Waals surface area contributed by atoms with Crippen LogP contribution in [0.4, 0.5) is 4.79 Å². The lowest BCUT2D eigenvalue weighted by Gasteiger charge is -2.36. The number of aromatic nitrogens is 1. The lowest BCUT2D eigenvalue weighted by Crippen LogP contribution is -2.61. The van der Waals surface area contributed by atoms with Crippen LogP contribution in [-0.4, -0.2) is 75.9 Å². The van der Waals surface area contributed by atoms with Gasteiger partial charge < -0.3 is 26.6 Å². The molecule has 12 nitrogen and oxygen atoms in total. The normalized spacial score (nSPS) is 18.3. The number of nitrogens with zero attached hydrogens (tertiary/aromatic N) is 2. The molecule has 4 atom stereocenters. The van der Waals surface area contributed by atoms with Crippen molar-refractivity contribution in [2.75, 3.05) is 6.54 Å². The molecule has 0 radical (unpaired) electrons. The third kappa shape index (κ3) is 10.1. The van der Waals surface area contributed by atoms with E-state index in [1.165, 1.54) is 4.90 Å². The number of Topliss-reactive ketones (excluding diaryl/α,β-unsaturated/α-hetero) is 2. The van der Waals surface area contributed by atoms with Crippen LogP contribution in [0.2, 0.25) is 0 Å². The summed E-state index contributed by atoms with van der Waals surface area (Å²) in [6.45, 7) is 13.2. The topological polar surface area (TPSA) is 181 Å². The summed E-state index contributed by atoms with van der Waals surface area (Å²) in [7, 11) is 0. The monoisotopic (exact) mass is 678 g/mol. The molecule has 1 saturated carbocycles. The van der Waals surface area contributed by atoms with Crippen molar-refractivity contribution in [3.05, 3.63) is 28.5 Å². The van der Waals surface area contributed by atoms with Crippen molar-refractivity contribution >= 4 is 51.2 Å². The fraction of sp³-hybridized carbons (Fsp3) is 0.645. The summed E-state index contributed by atoms with van der Waals surface area (Å²) in [4.78, 5) is 83.1. The van der Waals surface area contributed by atoms with Gasteiger partial charge in [0.2, 0.25) is 23.4 Å². The third-order valence-corrected chi connectivity index (χ3v) is 8.01. The van der Waals surface area contributed by atoms with E-state index in [4.69, 9.17) is 5.73 Å². The van der Waals surface area contributed by atoms with Gasteiger partial charge in [-0.05, 0) is 64.6 Å². The summed E-state index contributed by atoms with van der Waals surface area (Å²) >= 11 is 3.25. The fourth-order valence-corrected chi connectivity index (χ4v) is 5.37. The Kier molecular flexibility index (Phi) is 13.5. The van der Waals surface area contributed by atoms with E-state index in [1.807, 2.05) is 13.8 Å². The van der Waals surface area contributed by atoms with Crippen molar-refractivity contribution in [2.24, 2.45) is 23.0 Å². The molecule has 0 bridgehead atoms. The van der Waals surface area contributed by atoms with Gasteiger partial charge in [-0.25, -0.2) is 9.78 Å². The number of hydrogen-bond acceptors (Lipinski definition) is 7. The summed E-state index contributed by atoms with van der Waals surface area (Å²) in [5.41, 5.74) is 4.64. The Hall–Kier alpha value is -3.35. The van der Waals surface area contributed by atoms with Crippen molar-refractivity contribution in [3.8, 4) is 0 Å². The average molecular weight is 680 g/mol. The van der Waals surface area contributed by atoms with Crippen LogP contribution < -0.4 is 21.7 Å². The summed E-state index contributed by atoms with van der Waals surface area (Å²) in [6.07, 6.45) is 3.07. The molecule has 2 heterocycles. The molecule has 244 valence electrons. The average Bonchev–Trinajstić information content (AvgIpc) is 3.64. The maximum Gasteiger partial charge on any atom is 0.316 e. The van der Waals surface area contributed by atoms with E-state index in [0.29, 0.717) is 23.9 Å². The Morgan fingerprint density at radius 3 is 2.18 bits per heavy atom. The van der Waals surface area contributed by atoms with E-state index >= 15 is 0 Å². The van der Waals surface area contributed by atoms with E-state index < -0.39 is 59.1 Å². The first-order chi connectivity index (χ1) is 20.6. The van der Waals surface area contributed by atoms with Crippen LogP contribution in [0.25, 0.3) is 0 Å². The van der Waals surface area contributed by atoms with Crippen molar-refractivity contribution in [2.45, 2.75) is 105 Å². The first kappa shape index (κ1) is 36.8. The van der Waals surface area contributed by atoms with Crippen LogP contribution in [-0.2, 0) is 19.2 Å². The van der Waals surface area contributed by atoms with Gasteiger partial charge >= 0.3 is 6.03 Å². The van der Waals surface area contributed by atoms with Gasteiger partial charge in [-0.2, -0.15) is 0 Å². The molecule has 1 aliphatic carbocycles. The zero-order valence-corrected chi connectivity index (χ0v) is 28.3. The third-order valence-electron chi connectivity index (χ3n) is 7.57. The summed E-state index contributed by atoms with van der Waals surface area (Å²) in [5.74, 6) is -3.37. The van der Waals surface area contributed by atoms with Crippen LogP contribution in [0.5, 0.6) is 0 Å². The molecule has 1 aromatic rings. The number of rotatable bonds is 12. The first-order valence-corrected chi connectivity index (χ1v) is 16.1. The molecule has 0 aromatic carbocycles. The number of pyridine rings is 1. The number of primary amides is 1. The second-order valence-corrected chi connectivity index (χ2v) is 13.3. The molecule has 44 heavy (non-hydrogen) atoms. The highest BCUT2D eigenvalue weighted by molar-refractivity contribution is 9.10. The zero-order chi connectivity index (χ0) is 33.4. The minimum absolute atomic E-state index is 0.188. The second kappa shape index (κ2) is 16.1. The number of urea groups is 1. The van der Waals surface area contributed by atoms with Crippen LogP contribution >= 0.6 is 15.9 Å². The number of nitrogens with one attached hydrogen (secondary N) is 3. The van der Waals surface area contributed by atoms with Gasteiger partial charge in [0.1, 0.15) is 22.4 Å². The predicted octanol–water partition coefficient (Wildman–Crippen LogP) is 3.12. The highest BCUT2D eigenvalue weighted by atomic mass is 79.9. The minimum atomic E-state index is -1.11. The van der Waals surface area contributed by atoms with Crippen molar-refractivity contribution in [1.82, 2.24) is 25.8 Å². The number of carbonyl (C=O) groups is 6. The summed E-state index contributed by atoms with van der Waals surface area (Å²) < 4.78 is 0.487. The van der Waals surface area contributed by atoms with Gasteiger partial charge in [0.15, 0.2) is 0 Å². The maximum atomic E-state index is 13.9. The molecule has 2 fully saturated rings. The number of amides is 5. The van der Waals surface area contributed by atoms with Crippen molar-refractivity contribution in [1.29, 1.82) is 0 Å². The Morgan fingerprint density at radius 2 is 1.66 bits per heavy atom. The van der Waals surface area contributed by atoms with Crippen LogP contribution in [0.1, 0.15) is 91.1 Å². The number of halogens is 1. The van der Waals surface area contributed by atoms with Gasteiger partial charge in [0.25, 0.3) is 5.91 Å². The van der Waals surface area contributed by atoms with E-state index in [0.717, 1.165) is 12.8 Å². The van der Waals surface area contributed by atoms with Gasteiger partial charge in [-0.1, -0.05) is 67.4 Å². The molecule has 4 unspecified atom stereocenters. The maximum absolute atomic E-state index is 13.9. The first-order valence-electron chi connectivity index (χ1n) is 15.3. The second-order valence-electron chi connectivity index (χ2n) is 12.5. The molecule has 5 amide bonds. The Labute approximate surface area is 268 Å². The molecular formula is C31H47BrN6O6. The Morgan fingerprint density at radius 1 is 1.02 bits per heavy atom. The largest absolute Gasteiger partial charge is 0.363 e. The molecule has 1 saturated heterocycles. The fourth-order valence-electron chi connectivity index (χ4n) is 5.03. The van der Waals surface area contributed by atoms with E-state index in [1.54, 1.807) is 52.8 Å². The molecule has 1 aliphatic heterocycles. The Balaban J connectivity index is 0.00000330. The highest BCUT2D eigenvalue weighted by Gasteiger charge is 2.43. The molecule has 2 aliphatic rings. The van der Waals surface area contributed by atoms with Gasteiger partial charge in [0, 0.05) is 6.54 Å². The van der Waals surface area contributed by atoms with Gasteiger partial charge in [-0.3, -0.25) is 24.0 Å². The van der Waals surface area contributed by atoms with E-state index in [2.05, 4.69) is 36.9 Å². The molecule has 13 heteroatoms. The van der Waals surface area contributed by atoms with Crippen LogP contribution in [0.15, 0.2) is 22.8 Å². The summed E-state index contributed by atoms with van der Waals surface area (Å²) in [5, 5.41) is 8.09. The number of nitrogens with two attached hydrogens (primary N) is 1.